The van der Waals surface area contributed by atoms with Gasteiger partial charge in [-0.1, -0.05) is 6.07 Å². The van der Waals surface area contributed by atoms with E-state index in [0.29, 0.717) is 12.2 Å². The highest BCUT2D eigenvalue weighted by atomic mass is 16.1. The number of rotatable bonds is 9. The largest absolute Gasteiger partial charge is 0.370 e. The maximum atomic E-state index is 12.8. The zero-order valence-electron chi connectivity index (χ0n) is 19.1. The van der Waals surface area contributed by atoms with Crippen LogP contribution < -0.4 is 5.32 Å². The quantitative estimate of drug-likeness (QED) is 0.598. The van der Waals surface area contributed by atoms with Crippen LogP contribution in [0.2, 0.25) is 0 Å². The van der Waals surface area contributed by atoms with Crippen LogP contribution in [0.25, 0.3) is 0 Å². The van der Waals surface area contributed by atoms with Gasteiger partial charge in [0.15, 0.2) is 5.78 Å². The Labute approximate surface area is 190 Å². The molecule has 170 valence electrons. The highest BCUT2D eigenvalue weighted by molar-refractivity contribution is 5.83. The maximum Gasteiger partial charge on any atom is 0.151 e. The Hall–Kier alpha value is -2.60. The summed E-state index contributed by atoms with van der Waals surface area (Å²) in [6.07, 6.45) is 10.9. The number of unbranched alkanes of at least 4 members (excludes halogenated alkanes) is 1. The number of pyridine rings is 2. The van der Waals surface area contributed by atoms with Gasteiger partial charge in [-0.15, -0.1) is 0 Å². The first-order chi connectivity index (χ1) is 15.6. The molecule has 2 aromatic heterocycles. The van der Waals surface area contributed by atoms with Crippen LogP contribution in [0.1, 0.15) is 68.3 Å². The predicted molar refractivity (Wildman–Crippen MR) is 126 cm³/mol. The Balaban J connectivity index is 1.20. The van der Waals surface area contributed by atoms with Crippen molar-refractivity contribution in [2.75, 3.05) is 25.0 Å². The molecule has 0 spiro atoms. The zero-order valence-corrected chi connectivity index (χ0v) is 19.1. The maximum absolute atomic E-state index is 12.8. The number of hydrogen-bond donors (Lipinski definition) is 1. The van der Waals surface area contributed by atoms with Gasteiger partial charge in [-0.05, 0) is 94.3 Å². The molecule has 4 heterocycles. The van der Waals surface area contributed by atoms with Gasteiger partial charge >= 0.3 is 0 Å². The monoisotopic (exact) mass is 434 g/mol. The SMILES string of the molecule is CC(=O)C(c1ccncc1)N1CCC(C(=O)CCCCc2ccc3c(n2)NCCC3)CC1. The number of carbonyl (C=O) groups excluding carboxylic acids is 2. The molecule has 2 aromatic rings. The van der Waals surface area contributed by atoms with E-state index in [4.69, 9.17) is 4.98 Å². The van der Waals surface area contributed by atoms with E-state index in [-0.39, 0.29) is 17.7 Å². The molecule has 0 bridgehead atoms. The first kappa shape index (κ1) is 22.6. The van der Waals surface area contributed by atoms with E-state index in [9.17, 15) is 9.59 Å². The average Bonchev–Trinajstić information content (AvgIpc) is 2.82. The topological polar surface area (TPSA) is 75.2 Å². The molecule has 4 rings (SSSR count). The summed E-state index contributed by atoms with van der Waals surface area (Å²) in [6, 6.07) is 7.93. The van der Waals surface area contributed by atoms with Crippen molar-refractivity contribution in [2.45, 2.75) is 64.3 Å². The van der Waals surface area contributed by atoms with Crippen LogP contribution in [0.5, 0.6) is 0 Å². The van der Waals surface area contributed by atoms with Gasteiger partial charge < -0.3 is 5.32 Å². The number of carbonyl (C=O) groups is 2. The van der Waals surface area contributed by atoms with E-state index in [2.05, 4.69) is 27.3 Å². The summed E-state index contributed by atoms with van der Waals surface area (Å²) in [6.45, 7) is 4.23. The number of nitrogens with one attached hydrogen (secondary N) is 1. The molecule has 1 unspecified atom stereocenters. The second-order valence-electron chi connectivity index (χ2n) is 9.12. The van der Waals surface area contributed by atoms with E-state index >= 15 is 0 Å². The lowest BCUT2D eigenvalue weighted by atomic mass is 9.88. The molecule has 32 heavy (non-hydrogen) atoms. The number of Topliss-reactive ketones (excluding diaryl/α,β-unsaturated/α-hetero) is 2. The van der Waals surface area contributed by atoms with Crippen molar-refractivity contribution >= 4 is 17.4 Å². The van der Waals surface area contributed by atoms with E-state index in [1.807, 2.05) is 12.1 Å². The van der Waals surface area contributed by atoms with Crippen molar-refractivity contribution in [3.05, 3.63) is 53.5 Å². The number of fused-ring (bicyclic) bond motifs is 1. The molecule has 0 saturated carbocycles. The van der Waals surface area contributed by atoms with Crippen LogP contribution in [-0.4, -0.2) is 46.1 Å². The molecule has 1 N–H and O–H groups in total. The molecule has 2 aliphatic rings. The van der Waals surface area contributed by atoms with Gasteiger partial charge in [0.05, 0.1) is 6.04 Å². The summed E-state index contributed by atoms with van der Waals surface area (Å²) in [5, 5.41) is 3.39. The van der Waals surface area contributed by atoms with Gasteiger partial charge in [0.1, 0.15) is 11.6 Å². The molecule has 1 fully saturated rings. The lowest BCUT2D eigenvalue weighted by molar-refractivity contribution is -0.126. The number of anilines is 1. The Bertz CT molecular complexity index is 923. The van der Waals surface area contributed by atoms with Crippen LogP contribution in [0.4, 0.5) is 5.82 Å². The molecule has 0 radical (unpaired) electrons. The van der Waals surface area contributed by atoms with Gasteiger partial charge in [0.25, 0.3) is 0 Å². The summed E-state index contributed by atoms with van der Waals surface area (Å²) in [5.41, 5.74) is 3.42. The third kappa shape index (κ3) is 5.60. The standard InChI is InChI=1S/C26H34N4O2/c1-19(31)25(21-10-15-27-16-11-21)30-17-12-20(13-18-30)24(32)7-3-2-6-23-9-8-22-5-4-14-28-26(22)29-23/h8-11,15-16,20,25H,2-7,12-14,17-18H2,1H3,(H,28,29). The molecular weight excluding hydrogens is 400 g/mol. The highest BCUT2D eigenvalue weighted by Crippen LogP contribution is 2.29. The van der Waals surface area contributed by atoms with E-state index in [1.165, 1.54) is 12.0 Å². The van der Waals surface area contributed by atoms with Gasteiger partial charge in [-0.2, -0.15) is 0 Å². The van der Waals surface area contributed by atoms with Crippen molar-refractivity contribution in [1.82, 2.24) is 14.9 Å². The third-order valence-corrected chi connectivity index (χ3v) is 6.81. The Morgan fingerprint density at radius 1 is 1.12 bits per heavy atom. The number of aryl methyl sites for hydroxylation is 2. The number of hydrogen-bond acceptors (Lipinski definition) is 6. The fourth-order valence-electron chi connectivity index (χ4n) is 5.05. The number of piperidine rings is 1. The third-order valence-electron chi connectivity index (χ3n) is 6.81. The van der Waals surface area contributed by atoms with Gasteiger partial charge in [-0.25, -0.2) is 4.98 Å². The molecule has 0 aromatic carbocycles. The minimum atomic E-state index is -0.229. The Morgan fingerprint density at radius 2 is 1.91 bits per heavy atom. The molecule has 6 heteroatoms. The second-order valence-corrected chi connectivity index (χ2v) is 9.12. The zero-order chi connectivity index (χ0) is 22.3. The van der Waals surface area contributed by atoms with Crippen LogP contribution in [0, 0.1) is 5.92 Å². The summed E-state index contributed by atoms with van der Waals surface area (Å²) < 4.78 is 0. The smallest absolute Gasteiger partial charge is 0.151 e. The van der Waals surface area contributed by atoms with Crippen LogP contribution in [0.15, 0.2) is 36.7 Å². The predicted octanol–water partition coefficient (Wildman–Crippen LogP) is 4.16. The fraction of sp³-hybridized carbons (Fsp3) is 0.538. The van der Waals surface area contributed by atoms with Crippen LogP contribution >= 0.6 is 0 Å². The molecular formula is C26H34N4O2. The Kier molecular flexibility index (Phi) is 7.63. The van der Waals surface area contributed by atoms with Crippen molar-refractivity contribution < 1.29 is 9.59 Å². The van der Waals surface area contributed by atoms with Crippen LogP contribution in [0.3, 0.4) is 0 Å². The van der Waals surface area contributed by atoms with Crippen molar-refractivity contribution in [2.24, 2.45) is 5.92 Å². The molecule has 1 saturated heterocycles. The molecule has 0 aliphatic carbocycles. The average molecular weight is 435 g/mol. The van der Waals surface area contributed by atoms with Crippen molar-refractivity contribution in [3.8, 4) is 0 Å². The first-order valence-electron chi connectivity index (χ1n) is 12.0. The van der Waals surface area contributed by atoms with Gasteiger partial charge in [-0.3, -0.25) is 19.5 Å². The molecule has 6 nitrogen and oxygen atoms in total. The van der Waals surface area contributed by atoms with E-state index < -0.39 is 0 Å². The van der Waals surface area contributed by atoms with Gasteiger partial charge in [0, 0.05) is 37.0 Å². The number of ketones is 2. The lowest BCUT2D eigenvalue weighted by Crippen LogP contribution is -2.41. The fourth-order valence-corrected chi connectivity index (χ4v) is 5.05. The number of aromatic nitrogens is 2. The van der Waals surface area contributed by atoms with Gasteiger partial charge in [0.2, 0.25) is 0 Å². The Morgan fingerprint density at radius 3 is 2.66 bits per heavy atom. The van der Waals surface area contributed by atoms with Crippen molar-refractivity contribution in [1.29, 1.82) is 0 Å². The number of likely N-dealkylation sites (tertiary alicyclic amines) is 1. The first-order valence-corrected chi connectivity index (χ1v) is 12.0. The normalized spacial score (nSPS) is 17.9. The van der Waals surface area contributed by atoms with E-state index in [0.717, 1.165) is 75.2 Å². The summed E-state index contributed by atoms with van der Waals surface area (Å²) in [5.74, 6) is 1.70. The minimum absolute atomic E-state index is 0.127. The summed E-state index contributed by atoms with van der Waals surface area (Å²) in [4.78, 5) is 36.1. The van der Waals surface area contributed by atoms with E-state index in [1.54, 1.807) is 19.3 Å². The highest BCUT2D eigenvalue weighted by Gasteiger charge is 2.31. The molecule has 1 atom stereocenters. The minimum Gasteiger partial charge on any atom is -0.370 e. The van der Waals surface area contributed by atoms with Crippen LogP contribution in [-0.2, 0) is 22.4 Å². The summed E-state index contributed by atoms with van der Waals surface area (Å²) >= 11 is 0. The molecule has 0 amide bonds. The van der Waals surface area contributed by atoms with Crippen molar-refractivity contribution in [3.63, 3.8) is 0 Å². The second kappa shape index (κ2) is 10.8. The number of nitrogens with zero attached hydrogens (tertiary/aromatic N) is 3. The lowest BCUT2D eigenvalue weighted by Gasteiger charge is -2.36. The summed E-state index contributed by atoms with van der Waals surface area (Å²) in [7, 11) is 0. The molecule has 2 aliphatic heterocycles.